The summed E-state index contributed by atoms with van der Waals surface area (Å²) in [7, 11) is -3.65. The van der Waals surface area contributed by atoms with Crippen molar-refractivity contribution in [2.75, 3.05) is 4.72 Å². The highest BCUT2D eigenvalue weighted by Gasteiger charge is 2.22. The molecule has 0 bridgehead atoms. The maximum Gasteiger partial charge on any atom is 0.261 e. The Morgan fingerprint density at radius 1 is 1.00 bits per heavy atom. The fourth-order valence-corrected chi connectivity index (χ4v) is 3.38. The molecule has 2 rings (SSSR count). The van der Waals surface area contributed by atoms with Crippen molar-refractivity contribution in [3.05, 3.63) is 53.1 Å². The van der Waals surface area contributed by atoms with Gasteiger partial charge in [0.25, 0.3) is 10.0 Å². The van der Waals surface area contributed by atoms with Crippen molar-refractivity contribution in [3.8, 4) is 5.75 Å². The van der Waals surface area contributed by atoms with E-state index in [1.807, 2.05) is 27.7 Å². The van der Waals surface area contributed by atoms with Crippen molar-refractivity contribution >= 4 is 15.7 Å². The minimum absolute atomic E-state index is 0.204. The molecule has 0 fully saturated rings. The molecule has 2 N–H and O–H groups in total. The van der Waals surface area contributed by atoms with Crippen LogP contribution in [-0.4, -0.2) is 13.5 Å². The zero-order valence-corrected chi connectivity index (χ0v) is 15.0. The second-order valence-corrected chi connectivity index (χ2v) is 8.54. The maximum atomic E-state index is 12.5. The van der Waals surface area contributed by atoms with E-state index >= 15 is 0 Å². The van der Waals surface area contributed by atoms with Crippen LogP contribution < -0.4 is 4.72 Å². The third kappa shape index (κ3) is 3.85. The van der Waals surface area contributed by atoms with Crippen molar-refractivity contribution in [3.63, 3.8) is 0 Å². The van der Waals surface area contributed by atoms with Gasteiger partial charge in [-0.25, -0.2) is 8.42 Å². The predicted molar refractivity (Wildman–Crippen MR) is 93.5 cm³/mol. The molecule has 0 unspecified atom stereocenters. The second kappa shape index (κ2) is 5.89. The lowest BCUT2D eigenvalue weighted by molar-refractivity contribution is 0.443. The van der Waals surface area contributed by atoms with Crippen molar-refractivity contribution in [1.29, 1.82) is 0 Å². The smallest absolute Gasteiger partial charge is 0.261 e. The standard InChI is InChI=1S/C18H23NO3S/c1-12-6-8-15(9-7-12)23(21,22)19-14-10-13(2)17(20)16(11-14)18(3,4)5/h6-11,19-20H,1-5H3. The van der Waals surface area contributed by atoms with Crippen LogP contribution in [0.15, 0.2) is 41.3 Å². The van der Waals surface area contributed by atoms with Gasteiger partial charge in [-0.3, -0.25) is 4.72 Å². The molecule has 0 atom stereocenters. The number of hydrogen-bond acceptors (Lipinski definition) is 3. The number of nitrogens with one attached hydrogen (secondary N) is 1. The molecular formula is C18H23NO3S. The number of aryl methyl sites for hydroxylation is 2. The highest BCUT2D eigenvalue weighted by Crippen LogP contribution is 2.36. The maximum absolute atomic E-state index is 12.5. The summed E-state index contributed by atoms with van der Waals surface area (Å²) in [5.74, 6) is 0.204. The van der Waals surface area contributed by atoms with Crippen LogP contribution in [0.1, 0.15) is 37.5 Å². The third-order valence-electron chi connectivity index (χ3n) is 3.69. The van der Waals surface area contributed by atoms with Crippen molar-refractivity contribution in [2.24, 2.45) is 0 Å². The molecule has 4 nitrogen and oxygen atoms in total. The summed E-state index contributed by atoms with van der Waals surface area (Å²) in [5, 5.41) is 10.2. The molecular weight excluding hydrogens is 310 g/mol. The fourth-order valence-electron chi connectivity index (χ4n) is 2.34. The zero-order valence-electron chi connectivity index (χ0n) is 14.1. The molecule has 0 spiro atoms. The average molecular weight is 333 g/mol. The first-order valence-electron chi connectivity index (χ1n) is 7.44. The summed E-state index contributed by atoms with van der Waals surface area (Å²) >= 11 is 0. The molecule has 0 saturated heterocycles. The Morgan fingerprint density at radius 3 is 2.09 bits per heavy atom. The number of anilines is 1. The van der Waals surface area contributed by atoms with E-state index in [1.165, 1.54) is 0 Å². The molecule has 2 aromatic carbocycles. The van der Waals surface area contributed by atoms with Gasteiger partial charge in [-0.15, -0.1) is 0 Å². The number of benzene rings is 2. The molecule has 124 valence electrons. The van der Waals surface area contributed by atoms with Gasteiger partial charge >= 0.3 is 0 Å². The molecule has 0 aliphatic heterocycles. The Balaban J connectivity index is 2.44. The van der Waals surface area contributed by atoms with Gasteiger partial charge in [0.1, 0.15) is 5.75 Å². The molecule has 2 aromatic rings. The molecule has 0 amide bonds. The number of sulfonamides is 1. The van der Waals surface area contributed by atoms with Crippen LogP contribution in [0, 0.1) is 13.8 Å². The molecule has 5 heteroatoms. The van der Waals surface area contributed by atoms with Crippen LogP contribution in [-0.2, 0) is 15.4 Å². The van der Waals surface area contributed by atoms with Crippen molar-refractivity contribution < 1.29 is 13.5 Å². The summed E-state index contributed by atoms with van der Waals surface area (Å²) in [4.78, 5) is 0.214. The summed E-state index contributed by atoms with van der Waals surface area (Å²) in [5.41, 5.74) is 2.50. The largest absolute Gasteiger partial charge is 0.507 e. The van der Waals surface area contributed by atoms with Crippen LogP contribution in [0.2, 0.25) is 0 Å². The fraction of sp³-hybridized carbons (Fsp3) is 0.333. The monoisotopic (exact) mass is 333 g/mol. The predicted octanol–water partition coefficient (Wildman–Crippen LogP) is 4.11. The van der Waals surface area contributed by atoms with Gasteiger partial charge in [0.05, 0.1) is 4.90 Å². The zero-order chi connectivity index (χ0) is 17.4. The molecule has 0 aliphatic carbocycles. The average Bonchev–Trinajstić information content (AvgIpc) is 2.41. The Labute approximate surface area is 138 Å². The van der Waals surface area contributed by atoms with E-state index in [9.17, 15) is 13.5 Å². The Bertz CT molecular complexity index is 817. The number of hydrogen-bond donors (Lipinski definition) is 2. The summed E-state index contributed by atoms with van der Waals surface area (Å²) in [6.45, 7) is 9.58. The highest BCUT2D eigenvalue weighted by atomic mass is 32.2. The Kier molecular flexibility index (Phi) is 4.44. The molecule has 0 radical (unpaired) electrons. The van der Waals surface area contributed by atoms with E-state index < -0.39 is 10.0 Å². The summed E-state index contributed by atoms with van der Waals surface area (Å²) in [6.07, 6.45) is 0. The summed E-state index contributed by atoms with van der Waals surface area (Å²) < 4.78 is 27.6. The van der Waals surface area contributed by atoms with Crippen molar-refractivity contribution in [1.82, 2.24) is 0 Å². The van der Waals surface area contributed by atoms with Crippen LogP contribution in [0.4, 0.5) is 5.69 Å². The van der Waals surface area contributed by atoms with Gasteiger partial charge < -0.3 is 5.11 Å². The minimum atomic E-state index is -3.65. The van der Waals surface area contributed by atoms with E-state index in [-0.39, 0.29) is 16.1 Å². The SMILES string of the molecule is Cc1ccc(S(=O)(=O)Nc2cc(C)c(O)c(C(C)(C)C)c2)cc1. The Hall–Kier alpha value is -2.01. The molecule has 0 saturated carbocycles. The van der Waals surface area contributed by atoms with E-state index in [2.05, 4.69) is 4.72 Å². The number of phenols is 1. The van der Waals surface area contributed by atoms with Crippen LogP contribution in [0.3, 0.4) is 0 Å². The number of rotatable bonds is 3. The van der Waals surface area contributed by atoms with Crippen LogP contribution >= 0.6 is 0 Å². The van der Waals surface area contributed by atoms with E-state index in [4.69, 9.17) is 0 Å². The van der Waals surface area contributed by atoms with E-state index in [0.717, 1.165) is 5.56 Å². The molecule has 23 heavy (non-hydrogen) atoms. The van der Waals surface area contributed by atoms with Crippen molar-refractivity contribution in [2.45, 2.75) is 44.9 Å². The van der Waals surface area contributed by atoms with Crippen LogP contribution in [0.25, 0.3) is 0 Å². The van der Waals surface area contributed by atoms with Gasteiger partial charge in [0, 0.05) is 11.3 Å². The molecule has 0 heterocycles. The van der Waals surface area contributed by atoms with E-state index in [0.29, 0.717) is 16.8 Å². The van der Waals surface area contributed by atoms with Gasteiger partial charge in [0.15, 0.2) is 0 Å². The lowest BCUT2D eigenvalue weighted by Gasteiger charge is -2.23. The van der Waals surface area contributed by atoms with Gasteiger partial charge in [-0.2, -0.15) is 0 Å². The lowest BCUT2D eigenvalue weighted by Crippen LogP contribution is -2.16. The first-order chi connectivity index (χ1) is 10.5. The molecule has 0 aliphatic rings. The first-order valence-corrected chi connectivity index (χ1v) is 8.92. The van der Waals surface area contributed by atoms with Gasteiger partial charge in [-0.05, 0) is 49.1 Å². The second-order valence-electron chi connectivity index (χ2n) is 6.86. The summed E-state index contributed by atoms with van der Waals surface area (Å²) in [6, 6.07) is 10.0. The molecule has 0 aromatic heterocycles. The highest BCUT2D eigenvalue weighted by molar-refractivity contribution is 7.92. The lowest BCUT2D eigenvalue weighted by atomic mass is 9.85. The first kappa shape index (κ1) is 17.3. The van der Waals surface area contributed by atoms with Gasteiger partial charge in [0.2, 0.25) is 0 Å². The van der Waals surface area contributed by atoms with Gasteiger partial charge in [-0.1, -0.05) is 38.5 Å². The normalized spacial score (nSPS) is 12.2. The number of phenolic OH excluding ortho intramolecular Hbond substituents is 1. The quantitative estimate of drug-likeness (QED) is 0.831. The Morgan fingerprint density at radius 2 is 1.57 bits per heavy atom. The van der Waals surface area contributed by atoms with E-state index in [1.54, 1.807) is 43.3 Å². The minimum Gasteiger partial charge on any atom is -0.507 e. The topological polar surface area (TPSA) is 66.4 Å². The number of aromatic hydroxyl groups is 1. The third-order valence-corrected chi connectivity index (χ3v) is 5.09. The van der Waals surface area contributed by atoms with Crippen LogP contribution in [0.5, 0.6) is 5.75 Å².